The number of nitrogens with zero attached hydrogens (tertiary/aromatic N) is 4. The quantitative estimate of drug-likeness (QED) is 0.151. The molecule has 5 nitrogen and oxygen atoms in total. The normalized spacial score (nSPS) is 12.4. The van der Waals surface area contributed by atoms with Crippen LogP contribution in [0.5, 0.6) is 11.5 Å². The molecule has 0 bridgehead atoms. The molecule has 290 valence electrons. The predicted octanol–water partition coefficient (Wildman–Crippen LogP) is 14.4. The van der Waals surface area contributed by atoms with Crippen molar-refractivity contribution in [2.75, 3.05) is 0 Å². The molecule has 0 saturated heterocycles. The molecule has 9 aromatic carbocycles. The van der Waals surface area contributed by atoms with E-state index in [0.717, 1.165) is 67.0 Å². The third-order valence-electron chi connectivity index (χ3n) is 11.8. The van der Waals surface area contributed by atoms with E-state index in [1.165, 1.54) is 16.5 Å². The Morgan fingerprint density at radius 3 is 1.39 bits per heavy atom. The third-order valence-corrected chi connectivity index (χ3v) is 11.8. The van der Waals surface area contributed by atoms with E-state index in [9.17, 15) is 0 Å². The Bertz CT molecular complexity index is 3280. The maximum atomic E-state index is 7.40. The summed E-state index contributed by atoms with van der Waals surface area (Å²) in [5.41, 5.74) is 11.3. The second-order valence-electron chi connectivity index (χ2n) is 15.5. The van der Waals surface area contributed by atoms with E-state index in [1.54, 1.807) is 12.1 Å². The van der Waals surface area contributed by atoms with Crippen molar-refractivity contribution in [2.45, 2.75) is 5.41 Å². The van der Waals surface area contributed by atoms with Gasteiger partial charge in [0.15, 0.2) is 23.2 Å². The zero-order valence-electron chi connectivity index (χ0n) is 33.5. The Kier molecular flexibility index (Phi) is 9.03. The van der Waals surface area contributed by atoms with Gasteiger partial charge in [0.1, 0.15) is 11.5 Å². The van der Waals surface area contributed by atoms with Crippen LogP contribution in [-0.4, -0.2) is 15.0 Å². The lowest BCUT2D eigenvalue weighted by Gasteiger charge is -2.42. The molecule has 0 spiro atoms. The molecule has 0 radical (unpaired) electrons. The standard InChI is InChI=1S/C57H36N4O/c1-58-49-30-27-39(28-31-49)55-59-54(38-15-5-2-6-16-38)60-56(61-55)46-22-14-21-42(34-46)40-19-13-20-41(33-40)45-29-32-50-52(37-45)62-53-36-44-18-12-11-17-43(44)35-51(53)57(50,47-23-7-3-8-24-47)48-25-9-4-10-26-48/h2-37H. The van der Waals surface area contributed by atoms with Crippen LogP contribution in [0, 0.1) is 6.57 Å². The van der Waals surface area contributed by atoms with E-state index < -0.39 is 5.41 Å². The van der Waals surface area contributed by atoms with Crippen molar-refractivity contribution >= 4 is 16.5 Å². The molecule has 5 heteroatoms. The Labute approximate surface area is 360 Å². The highest BCUT2D eigenvalue weighted by atomic mass is 16.5. The maximum Gasteiger partial charge on any atom is 0.187 e. The van der Waals surface area contributed by atoms with Crippen molar-refractivity contribution in [1.82, 2.24) is 15.0 Å². The number of aromatic nitrogens is 3. The average molecular weight is 793 g/mol. The largest absolute Gasteiger partial charge is 0.457 e. The zero-order valence-corrected chi connectivity index (χ0v) is 33.5. The highest BCUT2D eigenvalue weighted by Crippen LogP contribution is 2.56. The van der Waals surface area contributed by atoms with Gasteiger partial charge in [0.05, 0.1) is 12.0 Å². The van der Waals surface area contributed by atoms with Crippen molar-refractivity contribution in [3.8, 4) is 67.9 Å². The second kappa shape index (κ2) is 15.3. The van der Waals surface area contributed by atoms with E-state index >= 15 is 0 Å². The van der Waals surface area contributed by atoms with Crippen LogP contribution < -0.4 is 4.74 Å². The van der Waals surface area contributed by atoms with Crippen LogP contribution in [0.25, 0.3) is 72.0 Å². The minimum Gasteiger partial charge on any atom is -0.457 e. The molecule has 62 heavy (non-hydrogen) atoms. The second-order valence-corrected chi connectivity index (χ2v) is 15.5. The van der Waals surface area contributed by atoms with Gasteiger partial charge < -0.3 is 4.74 Å². The Hall–Kier alpha value is -8.46. The summed E-state index contributed by atoms with van der Waals surface area (Å²) in [4.78, 5) is 18.4. The first-order chi connectivity index (χ1) is 30.6. The SMILES string of the molecule is [C-]#[N+]c1ccc(-c2nc(-c3ccccc3)nc(-c3cccc(-c4cccc(-c5ccc6c(c5)Oc5cc7ccccc7cc5C6(c5ccccc5)c5ccccc5)c4)c3)n2)cc1. The van der Waals surface area contributed by atoms with Gasteiger partial charge in [0.25, 0.3) is 0 Å². The molecule has 11 rings (SSSR count). The molecule has 0 aliphatic carbocycles. The predicted molar refractivity (Wildman–Crippen MR) is 249 cm³/mol. The minimum atomic E-state index is -0.618. The molecule has 0 N–H and O–H groups in total. The summed E-state index contributed by atoms with van der Waals surface area (Å²) in [6.07, 6.45) is 0. The van der Waals surface area contributed by atoms with Gasteiger partial charge in [-0.05, 0) is 74.5 Å². The lowest BCUT2D eigenvalue weighted by atomic mass is 9.63. The third kappa shape index (κ3) is 6.39. The van der Waals surface area contributed by atoms with E-state index in [0.29, 0.717) is 23.2 Å². The van der Waals surface area contributed by atoms with Crippen molar-refractivity contribution < 1.29 is 4.74 Å². The summed E-state index contributed by atoms with van der Waals surface area (Å²) in [6.45, 7) is 7.40. The van der Waals surface area contributed by atoms with Crippen LogP contribution in [0.4, 0.5) is 5.69 Å². The molecule has 0 unspecified atom stereocenters. The highest BCUT2D eigenvalue weighted by Gasteiger charge is 2.45. The monoisotopic (exact) mass is 792 g/mol. The summed E-state index contributed by atoms with van der Waals surface area (Å²) in [7, 11) is 0. The smallest absolute Gasteiger partial charge is 0.187 e. The van der Waals surface area contributed by atoms with Gasteiger partial charge in [-0.15, -0.1) is 0 Å². The molecular weight excluding hydrogens is 757 g/mol. The first-order valence-corrected chi connectivity index (χ1v) is 20.6. The van der Waals surface area contributed by atoms with E-state index in [1.807, 2.05) is 54.6 Å². The van der Waals surface area contributed by atoms with Gasteiger partial charge in [0.2, 0.25) is 0 Å². The van der Waals surface area contributed by atoms with Gasteiger partial charge in [-0.3, -0.25) is 0 Å². The number of benzene rings is 9. The van der Waals surface area contributed by atoms with Crippen LogP contribution in [0.15, 0.2) is 218 Å². The Morgan fingerprint density at radius 2 is 0.790 bits per heavy atom. The van der Waals surface area contributed by atoms with Crippen molar-refractivity contribution in [1.29, 1.82) is 0 Å². The van der Waals surface area contributed by atoms with Gasteiger partial charge in [-0.1, -0.05) is 188 Å². The fourth-order valence-electron chi connectivity index (χ4n) is 8.87. The summed E-state index contributed by atoms with van der Waals surface area (Å²) in [5, 5.41) is 2.31. The highest BCUT2D eigenvalue weighted by molar-refractivity contribution is 5.88. The minimum absolute atomic E-state index is 0.548. The number of hydrogen-bond acceptors (Lipinski definition) is 4. The molecule has 0 atom stereocenters. The molecule has 0 amide bonds. The number of rotatable bonds is 7. The topological polar surface area (TPSA) is 52.3 Å². The van der Waals surface area contributed by atoms with Gasteiger partial charge in [0, 0.05) is 27.8 Å². The molecule has 0 saturated carbocycles. The molecule has 1 aromatic heterocycles. The van der Waals surface area contributed by atoms with Crippen LogP contribution in [0.1, 0.15) is 22.3 Å². The van der Waals surface area contributed by atoms with E-state index in [2.05, 4.69) is 157 Å². The van der Waals surface area contributed by atoms with Crippen LogP contribution >= 0.6 is 0 Å². The summed E-state index contributed by atoms with van der Waals surface area (Å²) in [6, 6.07) is 75.6. The lowest BCUT2D eigenvalue weighted by Crippen LogP contribution is -2.34. The Balaban J connectivity index is 1.01. The summed E-state index contributed by atoms with van der Waals surface area (Å²) in [5.74, 6) is 3.38. The van der Waals surface area contributed by atoms with Crippen molar-refractivity contribution in [2.24, 2.45) is 0 Å². The van der Waals surface area contributed by atoms with Crippen molar-refractivity contribution in [3.63, 3.8) is 0 Å². The average Bonchev–Trinajstić information content (AvgIpc) is 3.35. The molecular formula is C57H36N4O. The van der Waals surface area contributed by atoms with E-state index in [4.69, 9.17) is 26.3 Å². The lowest BCUT2D eigenvalue weighted by molar-refractivity contribution is 0.435. The van der Waals surface area contributed by atoms with E-state index in [-0.39, 0.29) is 0 Å². The first kappa shape index (κ1) is 36.6. The summed E-state index contributed by atoms with van der Waals surface area (Å²) < 4.78 is 6.99. The number of hydrogen-bond donors (Lipinski definition) is 0. The fraction of sp³-hybridized carbons (Fsp3) is 0.0175. The number of ether oxygens (including phenoxy) is 1. The zero-order chi connectivity index (χ0) is 41.5. The van der Waals surface area contributed by atoms with Crippen molar-refractivity contribution in [3.05, 3.63) is 252 Å². The number of fused-ring (bicyclic) bond motifs is 3. The fourth-order valence-corrected chi connectivity index (χ4v) is 8.87. The molecule has 1 aliphatic heterocycles. The Morgan fingerprint density at radius 1 is 0.355 bits per heavy atom. The van der Waals surface area contributed by atoms with Gasteiger partial charge in [-0.25, -0.2) is 19.8 Å². The van der Waals surface area contributed by atoms with Crippen LogP contribution in [0.2, 0.25) is 0 Å². The molecule has 2 heterocycles. The van der Waals surface area contributed by atoms with Crippen LogP contribution in [0.3, 0.4) is 0 Å². The van der Waals surface area contributed by atoms with Gasteiger partial charge in [-0.2, -0.15) is 0 Å². The summed E-state index contributed by atoms with van der Waals surface area (Å²) >= 11 is 0. The first-order valence-electron chi connectivity index (χ1n) is 20.6. The van der Waals surface area contributed by atoms with Gasteiger partial charge >= 0.3 is 0 Å². The molecule has 10 aromatic rings. The maximum absolute atomic E-state index is 7.40. The molecule has 0 fully saturated rings. The van der Waals surface area contributed by atoms with Crippen LogP contribution in [-0.2, 0) is 5.41 Å². The molecule has 1 aliphatic rings.